The van der Waals surface area contributed by atoms with Crippen molar-refractivity contribution >= 4 is 55.2 Å². The third-order valence-electron chi connectivity index (χ3n) is 7.69. The molecule has 2 aromatic heterocycles. The molecule has 178 valence electrons. The number of anilines is 3. The zero-order chi connectivity index (χ0) is 25.1. The van der Waals surface area contributed by atoms with Gasteiger partial charge in [-0.25, -0.2) is 0 Å². The summed E-state index contributed by atoms with van der Waals surface area (Å²) in [5.41, 5.74) is 9.73. The fourth-order valence-electron chi connectivity index (χ4n) is 6.02. The van der Waals surface area contributed by atoms with E-state index >= 15 is 0 Å². The Balaban J connectivity index is 1.31. The van der Waals surface area contributed by atoms with Crippen LogP contribution in [-0.4, -0.2) is 4.40 Å². The molecule has 2 nitrogen and oxygen atoms in total. The van der Waals surface area contributed by atoms with E-state index in [1.54, 1.807) is 0 Å². The maximum atomic E-state index is 2.43. The van der Waals surface area contributed by atoms with Gasteiger partial charge in [0.2, 0.25) is 0 Å². The normalized spacial score (nSPS) is 11.7. The quantitative estimate of drug-likeness (QED) is 0.241. The molecule has 8 rings (SSSR count). The van der Waals surface area contributed by atoms with Crippen LogP contribution in [0, 0.1) is 0 Å². The number of aromatic nitrogens is 1. The molecule has 0 radical (unpaired) electrons. The Bertz CT molecular complexity index is 1930. The molecular formula is C36H24N2. The number of benzene rings is 6. The van der Waals surface area contributed by atoms with Crippen molar-refractivity contribution in [2.75, 3.05) is 4.90 Å². The SMILES string of the molecule is c1ccc(N(c2ccccc2)c2ccc(-c3cc4c5ccccc5n5c6ccccc6c(c3)c45)cc2)cc1. The summed E-state index contributed by atoms with van der Waals surface area (Å²) in [6.07, 6.45) is 0. The molecule has 0 fully saturated rings. The first-order valence-corrected chi connectivity index (χ1v) is 13.0. The molecule has 0 amide bonds. The van der Waals surface area contributed by atoms with E-state index in [0.717, 1.165) is 17.1 Å². The van der Waals surface area contributed by atoms with Crippen molar-refractivity contribution in [3.8, 4) is 11.1 Å². The van der Waals surface area contributed by atoms with Crippen LogP contribution in [0.2, 0.25) is 0 Å². The highest BCUT2D eigenvalue weighted by molar-refractivity contribution is 6.24. The molecule has 2 heterocycles. The summed E-state index contributed by atoms with van der Waals surface area (Å²) in [5, 5.41) is 5.22. The highest BCUT2D eigenvalue weighted by Crippen LogP contribution is 2.42. The fraction of sp³-hybridized carbons (Fsp3) is 0. The lowest BCUT2D eigenvalue weighted by Crippen LogP contribution is -2.09. The second kappa shape index (κ2) is 8.22. The van der Waals surface area contributed by atoms with E-state index in [4.69, 9.17) is 0 Å². The van der Waals surface area contributed by atoms with Gasteiger partial charge in [-0.1, -0.05) is 84.9 Å². The van der Waals surface area contributed by atoms with E-state index < -0.39 is 0 Å². The van der Waals surface area contributed by atoms with E-state index in [-0.39, 0.29) is 0 Å². The van der Waals surface area contributed by atoms with Crippen LogP contribution in [0.3, 0.4) is 0 Å². The zero-order valence-electron chi connectivity index (χ0n) is 20.8. The molecule has 0 saturated carbocycles. The molecule has 38 heavy (non-hydrogen) atoms. The average Bonchev–Trinajstić information content (AvgIpc) is 3.51. The number of fused-ring (bicyclic) bond motifs is 6. The van der Waals surface area contributed by atoms with Crippen molar-refractivity contribution in [2.24, 2.45) is 0 Å². The molecule has 0 N–H and O–H groups in total. The topological polar surface area (TPSA) is 7.65 Å². The lowest BCUT2D eigenvalue weighted by molar-refractivity contribution is 1.28. The minimum atomic E-state index is 1.14. The largest absolute Gasteiger partial charge is 0.311 e. The number of nitrogens with zero attached hydrogens (tertiary/aromatic N) is 2. The highest BCUT2D eigenvalue weighted by Gasteiger charge is 2.18. The maximum absolute atomic E-state index is 2.43. The van der Waals surface area contributed by atoms with E-state index in [9.17, 15) is 0 Å². The van der Waals surface area contributed by atoms with Crippen LogP contribution in [0.15, 0.2) is 146 Å². The fourth-order valence-corrected chi connectivity index (χ4v) is 6.02. The van der Waals surface area contributed by atoms with Crippen LogP contribution in [-0.2, 0) is 0 Å². The van der Waals surface area contributed by atoms with Crippen LogP contribution in [0.5, 0.6) is 0 Å². The molecule has 0 saturated heterocycles. The molecule has 0 atom stereocenters. The summed E-state index contributed by atoms with van der Waals surface area (Å²) in [6, 6.07) is 52.3. The van der Waals surface area contributed by atoms with Crippen LogP contribution < -0.4 is 4.90 Å². The molecule has 0 aliphatic heterocycles. The van der Waals surface area contributed by atoms with Crippen molar-refractivity contribution in [3.63, 3.8) is 0 Å². The van der Waals surface area contributed by atoms with Crippen molar-refractivity contribution in [1.82, 2.24) is 4.40 Å². The van der Waals surface area contributed by atoms with E-state index in [0.29, 0.717) is 0 Å². The van der Waals surface area contributed by atoms with Gasteiger partial charge in [-0.05, 0) is 71.8 Å². The van der Waals surface area contributed by atoms with Crippen molar-refractivity contribution in [1.29, 1.82) is 0 Å². The molecule has 0 aliphatic rings. The molecule has 0 spiro atoms. The number of hydrogen-bond acceptors (Lipinski definition) is 1. The van der Waals surface area contributed by atoms with Gasteiger partial charge >= 0.3 is 0 Å². The van der Waals surface area contributed by atoms with Crippen LogP contribution in [0.4, 0.5) is 17.1 Å². The van der Waals surface area contributed by atoms with Gasteiger partial charge in [-0.3, -0.25) is 0 Å². The van der Waals surface area contributed by atoms with Crippen molar-refractivity contribution < 1.29 is 0 Å². The Morgan fingerprint density at radius 1 is 0.368 bits per heavy atom. The Morgan fingerprint density at radius 2 is 0.816 bits per heavy atom. The van der Waals surface area contributed by atoms with E-state index in [1.807, 2.05) is 0 Å². The van der Waals surface area contributed by atoms with Gasteiger partial charge in [0, 0.05) is 38.6 Å². The standard InChI is InChI=1S/C36H24N2/c1-3-11-27(12-4-1)37(28-13-5-2-6-14-28)29-21-19-25(20-22-29)26-23-32-30-15-7-9-17-34(30)38-35-18-10-8-16-31(35)33(24-26)36(32)38/h1-24H. The first-order valence-electron chi connectivity index (χ1n) is 13.0. The lowest BCUT2D eigenvalue weighted by atomic mass is 9.99. The molecule has 0 unspecified atom stereocenters. The van der Waals surface area contributed by atoms with Crippen LogP contribution in [0.1, 0.15) is 0 Å². The minimum absolute atomic E-state index is 1.14. The van der Waals surface area contributed by atoms with Crippen LogP contribution in [0.25, 0.3) is 49.2 Å². The van der Waals surface area contributed by atoms with Gasteiger partial charge in [0.15, 0.2) is 0 Å². The molecule has 6 aromatic carbocycles. The Hall–Kier alpha value is -5.08. The summed E-state index contributed by atoms with van der Waals surface area (Å²) in [7, 11) is 0. The monoisotopic (exact) mass is 484 g/mol. The first-order chi connectivity index (χ1) is 18.9. The second-order valence-electron chi connectivity index (χ2n) is 9.84. The average molecular weight is 485 g/mol. The Labute approximate surface area is 221 Å². The first kappa shape index (κ1) is 21.0. The zero-order valence-corrected chi connectivity index (χ0v) is 20.8. The van der Waals surface area contributed by atoms with Gasteiger partial charge < -0.3 is 9.30 Å². The highest BCUT2D eigenvalue weighted by atomic mass is 15.1. The molecule has 2 heteroatoms. The Morgan fingerprint density at radius 3 is 1.34 bits per heavy atom. The molecular weight excluding hydrogens is 460 g/mol. The minimum Gasteiger partial charge on any atom is -0.311 e. The molecule has 0 bridgehead atoms. The molecule has 0 aliphatic carbocycles. The summed E-state index contributed by atoms with van der Waals surface area (Å²) >= 11 is 0. The number of hydrogen-bond donors (Lipinski definition) is 0. The van der Waals surface area contributed by atoms with E-state index in [1.165, 1.54) is 49.2 Å². The smallest absolute Gasteiger partial charge is 0.0620 e. The maximum Gasteiger partial charge on any atom is 0.0620 e. The summed E-state index contributed by atoms with van der Waals surface area (Å²) in [4.78, 5) is 2.30. The number of rotatable bonds is 4. The van der Waals surface area contributed by atoms with Crippen molar-refractivity contribution in [3.05, 3.63) is 146 Å². The van der Waals surface area contributed by atoms with Crippen LogP contribution >= 0.6 is 0 Å². The van der Waals surface area contributed by atoms with Gasteiger partial charge in [-0.2, -0.15) is 0 Å². The summed E-state index contributed by atoms with van der Waals surface area (Å²) in [6.45, 7) is 0. The van der Waals surface area contributed by atoms with Crippen molar-refractivity contribution in [2.45, 2.75) is 0 Å². The van der Waals surface area contributed by atoms with Gasteiger partial charge in [0.1, 0.15) is 0 Å². The third-order valence-corrected chi connectivity index (χ3v) is 7.69. The van der Waals surface area contributed by atoms with E-state index in [2.05, 4.69) is 155 Å². The third kappa shape index (κ3) is 3.07. The second-order valence-corrected chi connectivity index (χ2v) is 9.84. The predicted molar refractivity (Wildman–Crippen MR) is 161 cm³/mol. The predicted octanol–water partition coefficient (Wildman–Crippen LogP) is 9.97. The Kier molecular flexibility index (Phi) is 4.55. The summed E-state index contributed by atoms with van der Waals surface area (Å²) < 4.78 is 2.43. The summed E-state index contributed by atoms with van der Waals surface area (Å²) in [5.74, 6) is 0. The van der Waals surface area contributed by atoms with Gasteiger partial charge in [0.25, 0.3) is 0 Å². The number of para-hydroxylation sites is 4. The molecule has 8 aromatic rings. The van der Waals surface area contributed by atoms with Gasteiger partial charge in [-0.15, -0.1) is 0 Å². The van der Waals surface area contributed by atoms with Gasteiger partial charge in [0.05, 0.1) is 16.6 Å². The lowest BCUT2D eigenvalue weighted by Gasteiger charge is -2.25.